The van der Waals surface area contributed by atoms with Crippen LogP contribution in [0, 0.1) is 5.92 Å². The van der Waals surface area contributed by atoms with Gasteiger partial charge in [0.05, 0.1) is 11.7 Å². The van der Waals surface area contributed by atoms with E-state index in [4.69, 9.17) is 5.73 Å². The van der Waals surface area contributed by atoms with Gasteiger partial charge in [-0.3, -0.25) is 4.79 Å². The number of halogens is 1. The van der Waals surface area contributed by atoms with Crippen LogP contribution in [0.15, 0.2) is 30.6 Å². The van der Waals surface area contributed by atoms with Crippen molar-refractivity contribution in [1.82, 2.24) is 14.7 Å². The van der Waals surface area contributed by atoms with Crippen LogP contribution in [0.5, 0.6) is 0 Å². The minimum Gasteiger partial charge on any atom is -0.354 e. The molecular weight excluding hydrogens is 276 g/mol. The summed E-state index contributed by atoms with van der Waals surface area (Å²) in [5.41, 5.74) is 7.65. The van der Waals surface area contributed by atoms with Crippen molar-refractivity contribution in [2.45, 2.75) is 26.3 Å². The van der Waals surface area contributed by atoms with Crippen molar-refractivity contribution in [2.24, 2.45) is 11.7 Å². The first kappa shape index (κ1) is 16.5. The van der Waals surface area contributed by atoms with E-state index < -0.39 is 6.04 Å². The third-order valence-corrected chi connectivity index (χ3v) is 3.12. The number of aromatic nitrogens is 2. The Hall–Kier alpha value is -1.59. The quantitative estimate of drug-likeness (QED) is 0.876. The number of amides is 1. The highest BCUT2D eigenvalue weighted by Crippen LogP contribution is 2.04. The second kappa shape index (κ2) is 7.26. The Labute approximate surface area is 125 Å². The molecule has 110 valence electrons. The Morgan fingerprint density at radius 3 is 2.85 bits per heavy atom. The number of nitrogens with one attached hydrogen (secondary N) is 1. The van der Waals surface area contributed by atoms with Crippen LogP contribution in [0.2, 0.25) is 0 Å². The molecule has 3 N–H and O–H groups in total. The number of carbonyl (C=O) groups excluding carboxylic acids is 1. The van der Waals surface area contributed by atoms with Gasteiger partial charge in [0.2, 0.25) is 5.91 Å². The topological polar surface area (TPSA) is 72.4 Å². The van der Waals surface area contributed by atoms with Crippen molar-refractivity contribution in [3.05, 3.63) is 36.3 Å². The van der Waals surface area contributed by atoms with Gasteiger partial charge in [-0.05, 0) is 18.1 Å². The number of carbonyl (C=O) groups is 1. The number of nitrogens with zero attached hydrogens (tertiary/aromatic N) is 2. The van der Waals surface area contributed by atoms with Crippen molar-refractivity contribution in [2.75, 3.05) is 6.54 Å². The van der Waals surface area contributed by atoms with Gasteiger partial charge in [0.15, 0.2) is 0 Å². The average Bonchev–Trinajstić information content (AvgIpc) is 2.80. The minimum absolute atomic E-state index is 0. The highest BCUT2D eigenvalue weighted by molar-refractivity contribution is 5.85. The molecule has 0 aromatic carbocycles. The lowest BCUT2D eigenvalue weighted by atomic mass is 10.1. The maximum Gasteiger partial charge on any atom is 0.237 e. The van der Waals surface area contributed by atoms with E-state index in [9.17, 15) is 4.79 Å². The predicted molar refractivity (Wildman–Crippen MR) is 82.0 cm³/mol. The summed E-state index contributed by atoms with van der Waals surface area (Å²) in [7, 11) is 0. The average molecular weight is 297 g/mol. The molecule has 2 aromatic heterocycles. The van der Waals surface area contributed by atoms with Crippen LogP contribution >= 0.6 is 12.4 Å². The molecule has 0 aliphatic heterocycles. The third kappa shape index (κ3) is 3.95. The zero-order valence-electron chi connectivity index (χ0n) is 11.7. The Kier molecular flexibility index (Phi) is 5.98. The van der Waals surface area contributed by atoms with E-state index in [0.29, 0.717) is 13.0 Å². The highest BCUT2D eigenvalue weighted by atomic mass is 35.5. The lowest BCUT2D eigenvalue weighted by Gasteiger charge is -2.14. The predicted octanol–water partition coefficient (Wildman–Crippen LogP) is 1.40. The molecule has 2 aromatic rings. The molecule has 0 unspecified atom stereocenters. The fourth-order valence-electron chi connectivity index (χ4n) is 1.84. The van der Waals surface area contributed by atoms with Gasteiger partial charge in [0.1, 0.15) is 5.65 Å². The first-order chi connectivity index (χ1) is 9.08. The fourth-order valence-corrected chi connectivity index (χ4v) is 1.84. The second-order valence-electron chi connectivity index (χ2n) is 5.01. The summed E-state index contributed by atoms with van der Waals surface area (Å²) in [6, 6.07) is 5.43. The summed E-state index contributed by atoms with van der Waals surface area (Å²) < 4.78 is 1.97. The number of rotatable bonds is 5. The summed E-state index contributed by atoms with van der Waals surface area (Å²) in [4.78, 5) is 16.2. The lowest BCUT2D eigenvalue weighted by molar-refractivity contribution is -0.123. The Morgan fingerprint density at radius 1 is 1.45 bits per heavy atom. The summed E-state index contributed by atoms with van der Waals surface area (Å²) in [6.45, 7) is 4.43. The second-order valence-corrected chi connectivity index (χ2v) is 5.01. The van der Waals surface area contributed by atoms with E-state index in [1.54, 1.807) is 0 Å². The van der Waals surface area contributed by atoms with Gasteiger partial charge in [0.25, 0.3) is 0 Å². The van der Waals surface area contributed by atoms with E-state index in [1.807, 2.05) is 48.8 Å². The molecule has 0 fully saturated rings. The SMILES string of the molecule is CC(C)[C@H](N)C(=O)NCCc1cn2ccccc2n1.Cl. The van der Waals surface area contributed by atoms with E-state index in [0.717, 1.165) is 11.3 Å². The van der Waals surface area contributed by atoms with E-state index in [1.165, 1.54) is 0 Å². The van der Waals surface area contributed by atoms with Gasteiger partial charge in [-0.25, -0.2) is 4.98 Å². The number of pyridine rings is 1. The molecule has 0 bridgehead atoms. The molecule has 0 saturated heterocycles. The normalized spacial score (nSPS) is 12.2. The maximum absolute atomic E-state index is 11.7. The van der Waals surface area contributed by atoms with Crippen molar-refractivity contribution >= 4 is 24.0 Å². The molecule has 0 saturated carbocycles. The van der Waals surface area contributed by atoms with Gasteiger partial charge in [-0.2, -0.15) is 0 Å². The molecule has 1 atom stereocenters. The summed E-state index contributed by atoms with van der Waals surface area (Å²) in [5.74, 6) is 0.0500. The number of hydrogen-bond donors (Lipinski definition) is 2. The zero-order valence-corrected chi connectivity index (χ0v) is 12.6. The van der Waals surface area contributed by atoms with Gasteiger partial charge < -0.3 is 15.5 Å². The number of hydrogen-bond acceptors (Lipinski definition) is 3. The van der Waals surface area contributed by atoms with E-state index in [2.05, 4.69) is 10.3 Å². The highest BCUT2D eigenvalue weighted by Gasteiger charge is 2.16. The maximum atomic E-state index is 11.7. The fraction of sp³-hybridized carbons (Fsp3) is 0.429. The van der Waals surface area contributed by atoms with Gasteiger partial charge in [0, 0.05) is 25.4 Å². The zero-order chi connectivity index (χ0) is 13.8. The van der Waals surface area contributed by atoms with Crippen LogP contribution < -0.4 is 11.1 Å². The molecule has 0 aliphatic rings. The molecular formula is C14H21ClN4O. The third-order valence-electron chi connectivity index (χ3n) is 3.12. The number of fused-ring (bicyclic) bond motifs is 1. The first-order valence-corrected chi connectivity index (χ1v) is 6.54. The van der Waals surface area contributed by atoms with Gasteiger partial charge in [-0.15, -0.1) is 12.4 Å². The van der Waals surface area contributed by atoms with Crippen LogP contribution in [0.4, 0.5) is 0 Å². The molecule has 6 heteroatoms. The van der Waals surface area contributed by atoms with Gasteiger partial charge >= 0.3 is 0 Å². The molecule has 0 aliphatic carbocycles. The van der Waals surface area contributed by atoms with Crippen LogP contribution in [0.3, 0.4) is 0 Å². The molecule has 5 nitrogen and oxygen atoms in total. The van der Waals surface area contributed by atoms with Crippen LogP contribution in [0.25, 0.3) is 5.65 Å². The van der Waals surface area contributed by atoms with Crippen LogP contribution in [0.1, 0.15) is 19.5 Å². The van der Waals surface area contributed by atoms with Crippen molar-refractivity contribution in [3.63, 3.8) is 0 Å². The summed E-state index contributed by atoms with van der Waals surface area (Å²) >= 11 is 0. The van der Waals surface area contributed by atoms with Gasteiger partial charge in [-0.1, -0.05) is 19.9 Å². The number of nitrogens with two attached hydrogens (primary N) is 1. The molecule has 0 radical (unpaired) electrons. The van der Waals surface area contributed by atoms with Crippen LogP contribution in [-0.2, 0) is 11.2 Å². The standard InChI is InChI=1S/C14H20N4O.ClH/c1-10(2)13(15)14(19)16-7-6-11-9-18-8-4-3-5-12(18)17-11;/h3-5,8-10,13H,6-7,15H2,1-2H3,(H,16,19);1H/t13-;/m0./s1. The largest absolute Gasteiger partial charge is 0.354 e. The smallest absolute Gasteiger partial charge is 0.237 e. The Balaban J connectivity index is 0.00000200. The van der Waals surface area contributed by atoms with Crippen molar-refractivity contribution in [3.8, 4) is 0 Å². The summed E-state index contributed by atoms with van der Waals surface area (Å²) in [6.07, 6.45) is 4.64. The molecule has 2 rings (SSSR count). The first-order valence-electron chi connectivity index (χ1n) is 6.54. The Morgan fingerprint density at radius 2 is 2.20 bits per heavy atom. The molecule has 2 heterocycles. The molecule has 0 spiro atoms. The van der Waals surface area contributed by atoms with Crippen molar-refractivity contribution in [1.29, 1.82) is 0 Å². The number of imidazole rings is 1. The van der Waals surface area contributed by atoms with E-state index in [-0.39, 0.29) is 24.2 Å². The lowest BCUT2D eigenvalue weighted by Crippen LogP contribution is -2.44. The molecule has 1 amide bonds. The monoisotopic (exact) mass is 296 g/mol. The summed E-state index contributed by atoms with van der Waals surface area (Å²) in [5, 5.41) is 2.84. The van der Waals surface area contributed by atoms with E-state index >= 15 is 0 Å². The van der Waals surface area contributed by atoms with Crippen LogP contribution in [-0.4, -0.2) is 27.9 Å². The Bertz CT molecular complexity index is 534. The molecule has 20 heavy (non-hydrogen) atoms. The van der Waals surface area contributed by atoms with Crippen molar-refractivity contribution < 1.29 is 4.79 Å². The minimum atomic E-state index is -0.443.